The summed E-state index contributed by atoms with van der Waals surface area (Å²) in [4.78, 5) is 14.1. The van der Waals surface area contributed by atoms with Crippen molar-refractivity contribution in [1.82, 2.24) is 4.90 Å². The molecule has 0 aromatic heterocycles. The van der Waals surface area contributed by atoms with Crippen LogP contribution in [0.5, 0.6) is 0 Å². The highest BCUT2D eigenvalue weighted by Crippen LogP contribution is 2.31. The third-order valence-electron chi connectivity index (χ3n) is 4.13. The number of benzene rings is 1. The molecule has 0 spiro atoms. The summed E-state index contributed by atoms with van der Waals surface area (Å²) in [5.74, 6) is 0. The van der Waals surface area contributed by atoms with Crippen molar-refractivity contribution in [3.8, 4) is 0 Å². The van der Waals surface area contributed by atoms with Crippen molar-refractivity contribution < 1.29 is 19.4 Å². The first-order valence-electron chi connectivity index (χ1n) is 8.48. The second-order valence-corrected chi connectivity index (χ2v) is 7.77. The third kappa shape index (κ3) is 4.71. The standard InChI is InChI=1S/C19H29NO4/c1-18(2,3)24-17(22)20-15(13-23-19(20,4)5)16(21)12-11-14-9-7-6-8-10-14/h6-10,15-16,21H,11-13H2,1-5H3/t15-,16-/m0/s1. The summed E-state index contributed by atoms with van der Waals surface area (Å²) in [5.41, 5.74) is -0.214. The van der Waals surface area contributed by atoms with Crippen LogP contribution in [-0.2, 0) is 15.9 Å². The zero-order valence-electron chi connectivity index (χ0n) is 15.3. The molecule has 1 amide bonds. The molecule has 2 atom stereocenters. The van der Waals surface area contributed by atoms with Crippen molar-refractivity contribution in [3.05, 3.63) is 35.9 Å². The van der Waals surface area contributed by atoms with E-state index >= 15 is 0 Å². The van der Waals surface area contributed by atoms with E-state index in [4.69, 9.17) is 9.47 Å². The van der Waals surface area contributed by atoms with Gasteiger partial charge in [0, 0.05) is 0 Å². The van der Waals surface area contributed by atoms with Gasteiger partial charge < -0.3 is 14.6 Å². The molecule has 0 saturated carbocycles. The summed E-state index contributed by atoms with van der Waals surface area (Å²) in [6, 6.07) is 9.60. The molecular weight excluding hydrogens is 306 g/mol. The molecule has 1 heterocycles. The molecule has 0 aliphatic carbocycles. The van der Waals surface area contributed by atoms with Crippen LogP contribution in [0.2, 0.25) is 0 Å². The number of aryl methyl sites for hydroxylation is 1. The molecule has 1 fully saturated rings. The summed E-state index contributed by atoms with van der Waals surface area (Å²) in [6.07, 6.45) is 0.197. The summed E-state index contributed by atoms with van der Waals surface area (Å²) < 4.78 is 11.2. The largest absolute Gasteiger partial charge is 0.444 e. The molecule has 1 aliphatic rings. The van der Waals surface area contributed by atoms with Crippen LogP contribution in [0.3, 0.4) is 0 Å². The van der Waals surface area contributed by atoms with Crippen molar-refractivity contribution >= 4 is 6.09 Å². The lowest BCUT2D eigenvalue weighted by Gasteiger charge is -2.36. The lowest BCUT2D eigenvalue weighted by Crippen LogP contribution is -2.53. The van der Waals surface area contributed by atoms with Gasteiger partial charge >= 0.3 is 6.09 Å². The highest BCUT2D eigenvalue weighted by Gasteiger charge is 2.48. The van der Waals surface area contributed by atoms with Crippen molar-refractivity contribution in [2.24, 2.45) is 0 Å². The van der Waals surface area contributed by atoms with Crippen LogP contribution in [0, 0.1) is 0 Å². The Labute approximate surface area is 144 Å². The number of aliphatic hydroxyl groups excluding tert-OH is 1. The Morgan fingerprint density at radius 1 is 1.38 bits per heavy atom. The van der Waals surface area contributed by atoms with Gasteiger partial charge in [-0.3, -0.25) is 4.90 Å². The van der Waals surface area contributed by atoms with Gasteiger partial charge in [-0.25, -0.2) is 4.79 Å². The number of nitrogens with zero attached hydrogens (tertiary/aromatic N) is 1. The number of carbonyl (C=O) groups is 1. The molecule has 1 aromatic rings. The summed E-state index contributed by atoms with van der Waals surface area (Å²) in [7, 11) is 0. The molecule has 0 unspecified atom stereocenters. The highest BCUT2D eigenvalue weighted by atomic mass is 16.6. The van der Waals surface area contributed by atoms with Gasteiger partial charge in [0.05, 0.1) is 18.8 Å². The average molecular weight is 335 g/mol. The fourth-order valence-corrected chi connectivity index (χ4v) is 2.93. The molecule has 24 heavy (non-hydrogen) atoms. The van der Waals surface area contributed by atoms with Crippen molar-refractivity contribution in [1.29, 1.82) is 0 Å². The van der Waals surface area contributed by atoms with E-state index in [0.29, 0.717) is 13.0 Å². The third-order valence-corrected chi connectivity index (χ3v) is 4.13. The number of hydrogen-bond acceptors (Lipinski definition) is 4. The SMILES string of the molecule is CC(C)(C)OC(=O)N1[C@H]([C@@H](O)CCc2ccccc2)COC1(C)C. The number of rotatable bonds is 4. The molecule has 5 nitrogen and oxygen atoms in total. The Morgan fingerprint density at radius 3 is 2.58 bits per heavy atom. The molecule has 1 N–H and O–H groups in total. The van der Waals surface area contributed by atoms with E-state index in [1.165, 1.54) is 10.5 Å². The van der Waals surface area contributed by atoms with Crippen LogP contribution in [0.15, 0.2) is 30.3 Å². The zero-order valence-corrected chi connectivity index (χ0v) is 15.3. The number of amides is 1. The predicted octanol–water partition coefficient (Wildman–Crippen LogP) is 3.35. The van der Waals surface area contributed by atoms with Gasteiger partial charge in [0.2, 0.25) is 0 Å². The van der Waals surface area contributed by atoms with Gasteiger partial charge in [-0.2, -0.15) is 0 Å². The maximum atomic E-state index is 12.6. The second-order valence-electron chi connectivity index (χ2n) is 7.77. The number of carbonyl (C=O) groups excluding carboxylic acids is 1. The minimum atomic E-state index is -0.791. The van der Waals surface area contributed by atoms with Crippen LogP contribution in [-0.4, -0.2) is 46.2 Å². The predicted molar refractivity (Wildman–Crippen MR) is 92.7 cm³/mol. The minimum absolute atomic E-state index is 0.308. The zero-order chi connectivity index (χ0) is 18.0. The van der Waals surface area contributed by atoms with Gasteiger partial charge in [0.15, 0.2) is 0 Å². The highest BCUT2D eigenvalue weighted by molar-refractivity contribution is 5.69. The van der Waals surface area contributed by atoms with Gasteiger partial charge in [0.1, 0.15) is 11.3 Å². The van der Waals surface area contributed by atoms with E-state index in [1.54, 1.807) is 0 Å². The summed E-state index contributed by atoms with van der Waals surface area (Å²) in [6.45, 7) is 9.44. The van der Waals surface area contributed by atoms with Crippen LogP contribution in [0.25, 0.3) is 0 Å². The van der Waals surface area contributed by atoms with E-state index in [9.17, 15) is 9.90 Å². The first kappa shape index (κ1) is 18.7. The van der Waals surface area contributed by atoms with Crippen LogP contribution in [0.1, 0.15) is 46.6 Å². The summed E-state index contributed by atoms with van der Waals surface area (Å²) in [5, 5.41) is 10.6. The van der Waals surface area contributed by atoms with Gasteiger partial charge in [0.25, 0.3) is 0 Å². The number of hydrogen-bond donors (Lipinski definition) is 1. The molecule has 1 saturated heterocycles. The maximum absolute atomic E-state index is 12.6. The fourth-order valence-electron chi connectivity index (χ4n) is 2.93. The summed E-state index contributed by atoms with van der Waals surface area (Å²) >= 11 is 0. The van der Waals surface area contributed by atoms with E-state index in [2.05, 4.69) is 0 Å². The molecule has 0 radical (unpaired) electrons. The van der Waals surface area contributed by atoms with Crippen molar-refractivity contribution in [2.45, 2.75) is 70.9 Å². The van der Waals surface area contributed by atoms with Gasteiger partial charge in [-0.15, -0.1) is 0 Å². The number of ether oxygens (including phenoxy) is 2. The van der Waals surface area contributed by atoms with Gasteiger partial charge in [-0.1, -0.05) is 30.3 Å². The molecule has 0 bridgehead atoms. The van der Waals surface area contributed by atoms with E-state index in [-0.39, 0.29) is 0 Å². The molecular formula is C19H29NO4. The molecule has 1 aliphatic heterocycles. The Hall–Kier alpha value is -1.59. The van der Waals surface area contributed by atoms with E-state index in [1.807, 2.05) is 65.0 Å². The van der Waals surface area contributed by atoms with Crippen molar-refractivity contribution in [3.63, 3.8) is 0 Å². The second kappa shape index (κ2) is 7.11. The molecule has 1 aromatic carbocycles. The van der Waals surface area contributed by atoms with Gasteiger partial charge in [-0.05, 0) is 53.0 Å². The Balaban J connectivity index is 2.05. The number of aliphatic hydroxyl groups is 1. The Kier molecular flexibility index (Phi) is 5.56. The van der Waals surface area contributed by atoms with Crippen LogP contribution >= 0.6 is 0 Å². The van der Waals surface area contributed by atoms with Crippen LogP contribution in [0.4, 0.5) is 4.79 Å². The molecule has 2 rings (SSSR count). The van der Waals surface area contributed by atoms with E-state index < -0.39 is 29.6 Å². The minimum Gasteiger partial charge on any atom is -0.444 e. The molecule has 134 valence electrons. The normalized spacial score (nSPS) is 21.6. The topological polar surface area (TPSA) is 59.0 Å². The quantitative estimate of drug-likeness (QED) is 0.917. The fraction of sp³-hybridized carbons (Fsp3) is 0.632. The Morgan fingerprint density at radius 2 is 2.00 bits per heavy atom. The van der Waals surface area contributed by atoms with Crippen LogP contribution < -0.4 is 0 Å². The smallest absolute Gasteiger partial charge is 0.412 e. The lowest BCUT2D eigenvalue weighted by molar-refractivity contribution is -0.0680. The monoisotopic (exact) mass is 335 g/mol. The first-order valence-corrected chi connectivity index (χ1v) is 8.48. The molecule has 5 heteroatoms. The van der Waals surface area contributed by atoms with Crippen molar-refractivity contribution in [2.75, 3.05) is 6.61 Å². The lowest BCUT2D eigenvalue weighted by atomic mass is 10.0. The Bertz CT molecular complexity index is 550. The van der Waals surface area contributed by atoms with E-state index in [0.717, 1.165) is 6.42 Å². The average Bonchev–Trinajstić information content (AvgIpc) is 2.79. The maximum Gasteiger partial charge on any atom is 0.412 e. The first-order chi connectivity index (χ1) is 11.1.